The van der Waals surface area contributed by atoms with Crippen molar-refractivity contribution in [3.63, 3.8) is 0 Å². The van der Waals surface area contributed by atoms with Gasteiger partial charge in [0.1, 0.15) is 12.7 Å². The van der Waals surface area contributed by atoms with Crippen LogP contribution in [-0.2, 0) is 26.6 Å². The summed E-state index contributed by atoms with van der Waals surface area (Å²) >= 11 is 0. The Morgan fingerprint density at radius 3 is 2.18 bits per heavy atom. The van der Waals surface area contributed by atoms with Crippen LogP contribution in [0.15, 0.2) is 12.7 Å². The van der Waals surface area contributed by atoms with Gasteiger partial charge < -0.3 is 26.9 Å². The highest BCUT2D eigenvalue weighted by Crippen LogP contribution is 2.19. The van der Waals surface area contributed by atoms with Crippen LogP contribution in [0, 0.1) is 0 Å². The molecule has 0 heterocycles. The number of hydrogen-bond acceptors (Lipinski definition) is 7. The van der Waals surface area contributed by atoms with E-state index in [9.17, 15) is 9.90 Å². The molecule has 12 heteroatoms. The summed E-state index contributed by atoms with van der Waals surface area (Å²) in [6.07, 6.45) is 8.62. The predicted octanol–water partition coefficient (Wildman–Crippen LogP) is 4.77. The van der Waals surface area contributed by atoms with Gasteiger partial charge in [-0.2, -0.15) is 0 Å². The fourth-order valence-electron chi connectivity index (χ4n) is 2.83. The molecule has 34 heavy (non-hydrogen) atoms. The second kappa shape index (κ2) is 18.4. The van der Waals surface area contributed by atoms with E-state index < -0.39 is 37.0 Å². The zero-order valence-corrected chi connectivity index (χ0v) is 27.5. The van der Waals surface area contributed by atoms with Gasteiger partial charge in [0, 0.05) is 6.08 Å². The Labute approximate surface area is 216 Å². The molecule has 0 fully saturated rings. The van der Waals surface area contributed by atoms with Crippen LogP contribution in [0.4, 0.5) is 0 Å². The summed E-state index contributed by atoms with van der Waals surface area (Å²) < 4.78 is 29.0. The third kappa shape index (κ3) is 20.3. The molecule has 1 atom stereocenters. The van der Waals surface area contributed by atoms with Gasteiger partial charge in [-0.1, -0.05) is 52.0 Å². The van der Waals surface area contributed by atoms with Gasteiger partial charge in [0.2, 0.25) is 18.1 Å². The van der Waals surface area contributed by atoms with E-state index in [2.05, 4.69) is 52.8 Å². The van der Waals surface area contributed by atoms with Crippen LogP contribution >= 0.6 is 0 Å². The topological polar surface area (TPSA) is 83.5 Å². The number of unbranched alkanes of at least 4 members (excludes halogenated alkanes) is 5. The van der Waals surface area contributed by atoms with Gasteiger partial charge in [-0.15, -0.1) is 0 Å². The zero-order valence-electron chi connectivity index (χ0n) is 22.5. The predicted molar refractivity (Wildman–Crippen MR) is 148 cm³/mol. The van der Waals surface area contributed by atoms with Crippen molar-refractivity contribution < 1.29 is 31.7 Å². The SMILES string of the molecule is C=CC(=O)OCC(O)COC[Si](C)(C)O[Si]O[Si](C)(C)C[Si]O[Si](C)(C)CCCCCCCC. The van der Waals surface area contributed by atoms with Crippen LogP contribution in [-0.4, -0.2) is 81.3 Å². The summed E-state index contributed by atoms with van der Waals surface area (Å²) in [4.78, 5) is 11.0. The maximum Gasteiger partial charge on any atom is 0.410 e. The van der Waals surface area contributed by atoms with Crippen LogP contribution < -0.4 is 0 Å². The first-order valence-electron chi connectivity index (χ1n) is 12.4. The number of esters is 1. The maximum atomic E-state index is 11.0. The number of ether oxygens (including phenoxy) is 2. The molecule has 0 spiro atoms. The molecule has 0 amide bonds. The van der Waals surface area contributed by atoms with E-state index in [1.165, 1.54) is 44.6 Å². The third-order valence-corrected chi connectivity index (χ3v) is 19.3. The molecule has 0 bridgehead atoms. The zero-order chi connectivity index (χ0) is 26.1. The summed E-state index contributed by atoms with van der Waals surface area (Å²) in [5.74, 6) is -0.558. The van der Waals surface area contributed by atoms with E-state index in [1.54, 1.807) is 0 Å². The first-order valence-corrected chi connectivity index (χ1v) is 23.7. The van der Waals surface area contributed by atoms with Gasteiger partial charge >= 0.3 is 16.0 Å². The van der Waals surface area contributed by atoms with E-state index in [0.29, 0.717) is 16.0 Å². The highest BCUT2D eigenvalue weighted by atomic mass is 28.4. The normalized spacial score (nSPS) is 13.6. The molecule has 0 rings (SSSR count). The standard InChI is InChI=1S/C22H48O7Si5/c1-9-11-12-13-14-15-16-32(3,4)27-30-20-34(7,8)29-31-28-33(5,6)19-25-17-21(23)18-26-22(24)10-2/h10,21,23H,2,9,11-20H2,1,3-8H3. The van der Waals surface area contributed by atoms with Crippen LogP contribution in [0.1, 0.15) is 45.4 Å². The largest absolute Gasteiger partial charge is 0.460 e. The van der Waals surface area contributed by atoms with Gasteiger partial charge in [-0.3, -0.25) is 0 Å². The Balaban J connectivity index is 4.04. The molecule has 0 saturated carbocycles. The molecule has 4 radical (unpaired) electrons. The number of rotatable bonds is 22. The molecular formula is C22H48O7Si5. The minimum Gasteiger partial charge on any atom is -0.460 e. The number of carbonyl (C=O) groups is 1. The number of carbonyl (C=O) groups excluding carboxylic acids is 1. The molecule has 0 saturated heterocycles. The molecule has 0 aliphatic rings. The summed E-state index contributed by atoms with van der Waals surface area (Å²) in [7, 11) is -5.01. The molecule has 0 aromatic rings. The Kier molecular flexibility index (Phi) is 18.4. The Hall–Kier alpha value is 0.0944. The first-order chi connectivity index (χ1) is 15.8. The summed E-state index contributed by atoms with van der Waals surface area (Å²) in [6, 6.07) is 1.24. The van der Waals surface area contributed by atoms with Crippen molar-refractivity contribution in [2.45, 2.75) is 103 Å². The third-order valence-electron chi connectivity index (χ3n) is 4.96. The molecule has 0 aromatic carbocycles. The Morgan fingerprint density at radius 1 is 0.912 bits per heavy atom. The van der Waals surface area contributed by atoms with Crippen molar-refractivity contribution in [3.05, 3.63) is 12.7 Å². The van der Waals surface area contributed by atoms with Gasteiger partial charge in [-0.25, -0.2) is 4.79 Å². The van der Waals surface area contributed by atoms with E-state index in [-0.39, 0.29) is 23.2 Å². The summed E-state index contributed by atoms with van der Waals surface area (Å²) in [5.41, 5.74) is 0.990. The summed E-state index contributed by atoms with van der Waals surface area (Å²) in [5, 5.41) is 9.82. The highest BCUT2D eigenvalue weighted by Gasteiger charge is 2.30. The Morgan fingerprint density at radius 2 is 1.53 bits per heavy atom. The second-order valence-electron chi connectivity index (χ2n) is 10.5. The average molecular weight is 565 g/mol. The van der Waals surface area contributed by atoms with E-state index in [4.69, 9.17) is 21.8 Å². The number of aliphatic hydroxyl groups excluding tert-OH is 1. The lowest BCUT2D eigenvalue weighted by Crippen LogP contribution is -2.44. The highest BCUT2D eigenvalue weighted by molar-refractivity contribution is 6.84. The van der Waals surface area contributed by atoms with Gasteiger partial charge in [-0.05, 0) is 51.0 Å². The van der Waals surface area contributed by atoms with Crippen molar-refractivity contribution in [2.75, 3.05) is 19.4 Å². The summed E-state index contributed by atoms with van der Waals surface area (Å²) in [6.45, 7) is 18.8. The lowest BCUT2D eigenvalue weighted by atomic mass is 10.1. The minimum atomic E-state index is -2.08. The van der Waals surface area contributed by atoms with Gasteiger partial charge in [0.15, 0.2) is 16.6 Å². The van der Waals surface area contributed by atoms with E-state index in [0.717, 1.165) is 11.7 Å². The van der Waals surface area contributed by atoms with Crippen LogP contribution in [0.3, 0.4) is 0 Å². The molecule has 198 valence electrons. The fraction of sp³-hybridized carbons (Fsp3) is 0.864. The molecule has 1 unspecified atom stereocenters. The molecule has 1 N–H and O–H groups in total. The molecule has 0 aromatic heterocycles. The Bertz CT molecular complexity index is 562. The monoisotopic (exact) mass is 564 g/mol. The lowest BCUT2D eigenvalue weighted by molar-refractivity contribution is -0.141. The van der Waals surface area contributed by atoms with Crippen molar-refractivity contribution in [1.82, 2.24) is 0 Å². The van der Waals surface area contributed by atoms with Crippen molar-refractivity contribution in [3.8, 4) is 0 Å². The van der Waals surface area contributed by atoms with Crippen LogP contribution in [0.2, 0.25) is 51.0 Å². The van der Waals surface area contributed by atoms with Gasteiger partial charge in [0.05, 0.1) is 12.8 Å². The lowest BCUT2D eigenvalue weighted by Gasteiger charge is -2.28. The van der Waals surface area contributed by atoms with E-state index >= 15 is 0 Å². The van der Waals surface area contributed by atoms with Crippen molar-refractivity contribution >= 4 is 50.7 Å². The average Bonchev–Trinajstić information content (AvgIpc) is 2.73. The molecule has 7 nitrogen and oxygen atoms in total. The second-order valence-corrected chi connectivity index (χ2v) is 26.2. The number of hydrogen-bond donors (Lipinski definition) is 1. The molecular weight excluding hydrogens is 517 g/mol. The van der Waals surface area contributed by atoms with Crippen molar-refractivity contribution in [1.29, 1.82) is 0 Å². The number of aliphatic hydroxyl groups is 1. The minimum absolute atomic E-state index is 0.00406. The van der Waals surface area contributed by atoms with Crippen LogP contribution in [0.25, 0.3) is 0 Å². The van der Waals surface area contributed by atoms with Crippen molar-refractivity contribution in [2.24, 2.45) is 0 Å². The first kappa shape index (κ1) is 34.1. The van der Waals surface area contributed by atoms with E-state index in [1.807, 2.05) is 0 Å². The van der Waals surface area contributed by atoms with Gasteiger partial charge in [0.25, 0.3) is 0 Å². The van der Waals surface area contributed by atoms with Crippen LogP contribution in [0.5, 0.6) is 0 Å². The molecule has 0 aliphatic heterocycles. The fourth-order valence-corrected chi connectivity index (χ4v) is 12.4. The maximum absolute atomic E-state index is 11.0. The smallest absolute Gasteiger partial charge is 0.410 e. The molecule has 0 aliphatic carbocycles. The quantitative estimate of drug-likeness (QED) is 0.0878.